The Kier molecular flexibility index (Phi) is 12.7. The molecule has 0 aromatic rings. The number of piperidine rings is 1. The van der Waals surface area contributed by atoms with Crippen molar-refractivity contribution >= 4 is 29.9 Å². The third-order valence-corrected chi connectivity index (χ3v) is 3.56. The van der Waals surface area contributed by atoms with E-state index in [9.17, 15) is 0 Å². The molecule has 0 amide bonds. The smallest absolute Gasteiger partial charge is 0.193 e. The summed E-state index contributed by atoms with van der Waals surface area (Å²) in [4.78, 5) is 6.77. The molecular weight excluding hydrogens is 365 g/mol. The highest BCUT2D eigenvalue weighted by atomic mass is 127. The van der Waals surface area contributed by atoms with Crippen molar-refractivity contribution in [2.75, 3.05) is 39.9 Å². The summed E-state index contributed by atoms with van der Waals surface area (Å²) in [5, 5.41) is 3.45. The molecule has 1 fully saturated rings. The fourth-order valence-corrected chi connectivity index (χ4v) is 2.44. The number of hydrogen-bond donors (Lipinski definition) is 1. The van der Waals surface area contributed by atoms with Gasteiger partial charge in [-0.1, -0.05) is 20.3 Å². The molecule has 1 atom stereocenters. The van der Waals surface area contributed by atoms with E-state index >= 15 is 0 Å². The van der Waals surface area contributed by atoms with E-state index in [1.807, 2.05) is 7.05 Å². The summed E-state index contributed by atoms with van der Waals surface area (Å²) >= 11 is 0. The molecule has 1 heterocycles. The van der Waals surface area contributed by atoms with Crippen LogP contribution in [0.5, 0.6) is 0 Å². The number of guanidine groups is 1. The molecule has 1 rings (SSSR count). The van der Waals surface area contributed by atoms with Crippen molar-refractivity contribution in [1.29, 1.82) is 0 Å². The molecule has 5 heteroatoms. The van der Waals surface area contributed by atoms with Crippen LogP contribution in [0.15, 0.2) is 4.99 Å². The lowest BCUT2D eigenvalue weighted by atomic mass is 10.0. The molecule has 4 nitrogen and oxygen atoms in total. The highest BCUT2D eigenvalue weighted by molar-refractivity contribution is 14.0. The summed E-state index contributed by atoms with van der Waals surface area (Å²) in [6.07, 6.45) is 6.05. The minimum absolute atomic E-state index is 0. The Labute approximate surface area is 141 Å². The van der Waals surface area contributed by atoms with Crippen LogP contribution < -0.4 is 5.32 Å². The average Bonchev–Trinajstić information content (AvgIpc) is 2.42. The van der Waals surface area contributed by atoms with E-state index in [4.69, 9.17) is 4.74 Å². The van der Waals surface area contributed by atoms with Crippen molar-refractivity contribution in [3.05, 3.63) is 0 Å². The molecule has 0 aromatic heterocycles. The van der Waals surface area contributed by atoms with E-state index in [0.717, 1.165) is 51.1 Å². The van der Waals surface area contributed by atoms with E-state index in [2.05, 4.69) is 29.1 Å². The number of nitrogens with one attached hydrogen (secondary N) is 1. The van der Waals surface area contributed by atoms with Crippen molar-refractivity contribution < 1.29 is 4.74 Å². The van der Waals surface area contributed by atoms with Crippen LogP contribution in [0.3, 0.4) is 0 Å². The highest BCUT2D eigenvalue weighted by Crippen LogP contribution is 2.15. The van der Waals surface area contributed by atoms with Gasteiger partial charge in [-0.05, 0) is 31.6 Å². The van der Waals surface area contributed by atoms with Gasteiger partial charge < -0.3 is 15.0 Å². The van der Waals surface area contributed by atoms with Gasteiger partial charge >= 0.3 is 0 Å². The first kappa shape index (κ1) is 20.0. The second kappa shape index (κ2) is 12.7. The van der Waals surface area contributed by atoms with Crippen LogP contribution in [0.4, 0.5) is 0 Å². The number of aliphatic imine (C=N–C) groups is 1. The summed E-state index contributed by atoms with van der Waals surface area (Å²) in [5.41, 5.74) is 0. The van der Waals surface area contributed by atoms with Gasteiger partial charge in [0.15, 0.2) is 5.96 Å². The predicted octanol–water partition coefficient (Wildman–Crippen LogP) is 3.12. The summed E-state index contributed by atoms with van der Waals surface area (Å²) in [5.74, 6) is 1.84. The molecule has 0 bridgehead atoms. The molecular formula is C15H32IN3O. The van der Waals surface area contributed by atoms with Crippen LogP contribution in [0.1, 0.15) is 46.0 Å². The minimum Gasteiger partial charge on any atom is -0.381 e. The van der Waals surface area contributed by atoms with Gasteiger partial charge in [0.2, 0.25) is 0 Å². The molecule has 0 saturated carbocycles. The summed E-state index contributed by atoms with van der Waals surface area (Å²) in [6.45, 7) is 9.47. The lowest BCUT2D eigenvalue weighted by molar-refractivity contribution is 0.129. The van der Waals surface area contributed by atoms with Crippen molar-refractivity contribution in [1.82, 2.24) is 10.2 Å². The quantitative estimate of drug-likeness (QED) is 0.311. The molecule has 20 heavy (non-hydrogen) atoms. The summed E-state index contributed by atoms with van der Waals surface area (Å²) < 4.78 is 5.56. The van der Waals surface area contributed by atoms with Gasteiger partial charge in [0.05, 0.1) is 0 Å². The summed E-state index contributed by atoms with van der Waals surface area (Å²) in [6, 6.07) is 0. The van der Waals surface area contributed by atoms with E-state index in [1.54, 1.807) is 0 Å². The average molecular weight is 397 g/mol. The number of rotatable bonds is 7. The molecule has 1 unspecified atom stereocenters. The Morgan fingerprint density at radius 1 is 1.35 bits per heavy atom. The van der Waals surface area contributed by atoms with Gasteiger partial charge in [0.1, 0.15) is 0 Å². The number of nitrogens with zero attached hydrogens (tertiary/aromatic N) is 2. The fraction of sp³-hybridized carbons (Fsp3) is 0.933. The Balaban J connectivity index is 0.00000361. The number of unbranched alkanes of at least 4 members (excludes halogenated alkanes) is 1. The third-order valence-electron chi connectivity index (χ3n) is 3.56. The second-order valence-electron chi connectivity index (χ2n) is 5.49. The molecule has 1 aliphatic rings. The van der Waals surface area contributed by atoms with Gasteiger partial charge in [-0.15, -0.1) is 24.0 Å². The molecule has 1 aliphatic heterocycles. The first-order chi connectivity index (χ1) is 9.27. The Morgan fingerprint density at radius 2 is 2.10 bits per heavy atom. The van der Waals surface area contributed by atoms with E-state index in [-0.39, 0.29) is 24.0 Å². The van der Waals surface area contributed by atoms with Crippen LogP contribution >= 0.6 is 24.0 Å². The van der Waals surface area contributed by atoms with E-state index in [1.165, 1.54) is 25.7 Å². The SMILES string of the molecule is CCCCOCCCNC(=NC)N1CCCC(C)C1.I. The van der Waals surface area contributed by atoms with E-state index < -0.39 is 0 Å². The number of hydrogen-bond acceptors (Lipinski definition) is 2. The topological polar surface area (TPSA) is 36.9 Å². The Bertz CT molecular complexity index is 262. The molecule has 1 saturated heterocycles. The molecule has 0 radical (unpaired) electrons. The van der Waals surface area contributed by atoms with Crippen molar-refractivity contribution in [3.63, 3.8) is 0 Å². The van der Waals surface area contributed by atoms with Crippen LogP contribution in [-0.2, 0) is 4.74 Å². The lowest BCUT2D eigenvalue weighted by Crippen LogP contribution is -2.46. The lowest BCUT2D eigenvalue weighted by Gasteiger charge is -2.33. The van der Waals surface area contributed by atoms with Gasteiger partial charge in [-0.25, -0.2) is 0 Å². The molecule has 120 valence electrons. The maximum absolute atomic E-state index is 5.56. The minimum atomic E-state index is 0. The van der Waals surface area contributed by atoms with Crippen LogP contribution in [-0.4, -0.2) is 50.8 Å². The number of halogens is 1. The summed E-state index contributed by atoms with van der Waals surface area (Å²) in [7, 11) is 1.87. The number of likely N-dealkylation sites (tertiary alicyclic amines) is 1. The number of ether oxygens (including phenoxy) is 1. The second-order valence-corrected chi connectivity index (χ2v) is 5.49. The Hall–Kier alpha value is -0.0400. The van der Waals surface area contributed by atoms with Gasteiger partial charge in [0, 0.05) is 39.9 Å². The molecule has 0 aromatic carbocycles. The zero-order valence-corrected chi connectivity index (χ0v) is 15.7. The highest BCUT2D eigenvalue weighted by Gasteiger charge is 2.18. The monoisotopic (exact) mass is 397 g/mol. The van der Waals surface area contributed by atoms with Crippen LogP contribution in [0.2, 0.25) is 0 Å². The molecule has 0 spiro atoms. The normalized spacial score (nSPS) is 19.6. The predicted molar refractivity (Wildman–Crippen MR) is 97.1 cm³/mol. The largest absolute Gasteiger partial charge is 0.381 e. The fourth-order valence-electron chi connectivity index (χ4n) is 2.44. The van der Waals surface area contributed by atoms with Crippen molar-refractivity contribution in [3.8, 4) is 0 Å². The van der Waals surface area contributed by atoms with Crippen LogP contribution in [0.25, 0.3) is 0 Å². The maximum Gasteiger partial charge on any atom is 0.193 e. The van der Waals surface area contributed by atoms with E-state index in [0.29, 0.717) is 0 Å². The van der Waals surface area contributed by atoms with Crippen LogP contribution in [0, 0.1) is 5.92 Å². The zero-order chi connectivity index (χ0) is 13.9. The maximum atomic E-state index is 5.56. The molecule has 1 N–H and O–H groups in total. The Morgan fingerprint density at radius 3 is 2.75 bits per heavy atom. The molecule has 0 aliphatic carbocycles. The standard InChI is InChI=1S/C15H31N3O.HI/c1-4-5-11-19-12-7-9-17-15(16-3)18-10-6-8-14(2)13-18;/h14H,4-13H2,1-3H3,(H,16,17);1H. The third kappa shape index (κ3) is 8.29. The van der Waals surface area contributed by atoms with Crippen molar-refractivity contribution in [2.45, 2.75) is 46.0 Å². The first-order valence-corrected chi connectivity index (χ1v) is 7.81. The van der Waals surface area contributed by atoms with Gasteiger partial charge in [0.25, 0.3) is 0 Å². The van der Waals surface area contributed by atoms with Gasteiger partial charge in [-0.3, -0.25) is 4.99 Å². The first-order valence-electron chi connectivity index (χ1n) is 7.81. The zero-order valence-electron chi connectivity index (χ0n) is 13.4. The van der Waals surface area contributed by atoms with Gasteiger partial charge in [-0.2, -0.15) is 0 Å². The van der Waals surface area contributed by atoms with Crippen molar-refractivity contribution in [2.24, 2.45) is 10.9 Å².